The maximum Gasteiger partial charge on any atom is 0.269 e. The van der Waals surface area contributed by atoms with Gasteiger partial charge in [0.2, 0.25) is 0 Å². The summed E-state index contributed by atoms with van der Waals surface area (Å²) in [6, 6.07) is 6.77. The van der Waals surface area contributed by atoms with E-state index in [0.717, 1.165) is 25.0 Å². The van der Waals surface area contributed by atoms with Gasteiger partial charge in [0.25, 0.3) is 5.69 Å². The number of rotatable bonds is 4. The van der Waals surface area contributed by atoms with E-state index in [1.807, 2.05) is 6.07 Å². The molecule has 0 amide bonds. The van der Waals surface area contributed by atoms with Crippen LogP contribution in [0.3, 0.4) is 0 Å². The van der Waals surface area contributed by atoms with Crippen molar-refractivity contribution in [1.29, 1.82) is 0 Å². The third kappa shape index (κ3) is 2.29. The minimum absolute atomic E-state index is 0.166. The van der Waals surface area contributed by atoms with Gasteiger partial charge in [0.1, 0.15) is 0 Å². The first-order chi connectivity index (χ1) is 6.75. The van der Waals surface area contributed by atoms with E-state index in [1.165, 1.54) is 6.07 Å². The number of ether oxygens (including phenoxy) is 1. The van der Waals surface area contributed by atoms with Crippen molar-refractivity contribution in [2.24, 2.45) is 0 Å². The van der Waals surface area contributed by atoms with Crippen LogP contribution < -0.4 is 0 Å². The molecule has 4 nitrogen and oxygen atoms in total. The van der Waals surface area contributed by atoms with E-state index in [9.17, 15) is 10.1 Å². The van der Waals surface area contributed by atoms with Gasteiger partial charge < -0.3 is 4.74 Å². The van der Waals surface area contributed by atoms with Crippen LogP contribution in [0.2, 0.25) is 0 Å². The van der Waals surface area contributed by atoms with Crippen molar-refractivity contribution in [2.75, 3.05) is 6.61 Å². The minimum atomic E-state index is -0.364. The summed E-state index contributed by atoms with van der Waals surface area (Å²) in [4.78, 5) is 10.1. The Balaban J connectivity index is 2.01. The number of hydrogen-bond donors (Lipinski definition) is 0. The van der Waals surface area contributed by atoms with E-state index in [1.54, 1.807) is 12.1 Å². The smallest absolute Gasteiger partial charge is 0.269 e. The highest BCUT2D eigenvalue weighted by Gasteiger charge is 2.21. The second-order valence-electron chi connectivity index (χ2n) is 3.42. The van der Waals surface area contributed by atoms with Gasteiger partial charge in [-0.15, -0.1) is 0 Å². The fraction of sp³-hybridized carbons (Fsp3) is 0.400. The fourth-order valence-corrected chi connectivity index (χ4v) is 1.39. The number of hydrogen-bond acceptors (Lipinski definition) is 3. The molecule has 1 aromatic rings. The molecule has 0 aromatic heterocycles. The Morgan fingerprint density at radius 3 is 3.00 bits per heavy atom. The number of nitro groups is 1. The van der Waals surface area contributed by atoms with Gasteiger partial charge in [-0.3, -0.25) is 10.1 Å². The minimum Gasteiger partial charge on any atom is -0.373 e. The second-order valence-corrected chi connectivity index (χ2v) is 3.42. The standard InChI is InChI=1S/C10H11NO3/c12-11(13)9-3-1-2-8(6-9)4-5-10-7-14-10/h1-3,6,10H,4-5,7H2/t10-/m0/s1. The third-order valence-electron chi connectivity index (χ3n) is 2.28. The molecule has 74 valence electrons. The zero-order valence-electron chi connectivity index (χ0n) is 7.68. The molecule has 1 saturated heterocycles. The number of nitrogens with zero attached hydrogens (tertiary/aromatic N) is 1. The summed E-state index contributed by atoms with van der Waals surface area (Å²) in [5.74, 6) is 0. The van der Waals surface area contributed by atoms with Crippen molar-refractivity contribution < 1.29 is 9.66 Å². The molecule has 1 aliphatic rings. The van der Waals surface area contributed by atoms with E-state index in [-0.39, 0.29) is 10.6 Å². The van der Waals surface area contributed by atoms with Crippen LogP contribution in [-0.4, -0.2) is 17.6 Å². The summed E-state index contributed by atoms with van der Waals surface area (Å²) < 4.78 is 5.07. The Bertz CT molecular complexity index is 347. The lowest BCUT2D eigenvalue weighted by atomic mass is 10.1. The highest BCUT2D eigenvalue weighted by atomic mass is 16.6. The molecule has 14 heavy (non-hydrogen) atoms. The maximum atomic E-state index is 10.5. The van der Waals surface area contributed by atoms with Gasteiger partial charge in [0.05, 0.1) is 17.6 Å². The van der Waals surface area contributed by atoms with Crippen molar-refractivity contribution in [3.05, 3.63) is 39.9 Å². The van der Waals surface area contributed by atoms with Crippen LogP contribution >= 0.6 is 0 Å². The first kappa shape index (κ1) is 9.15. The predicted molar refractivity (Wildman–Crippen MR) is 51.2 cm³/mol. The molecule has 1 atom stereocenters. The molecule has 0 unspecified atom stereocenters. The topological polar surface area (TPSA) is 55.7 Å². The molecule has 0 radical (unpaired) electrons. The predicted octanol–water partition coefficient (Wildman–Crippen LogP) is 1.93. The summed E-state index contributed by atoms with van der Waals surface area (Å²) >= 11 is 0. The highest BCUT2D eigenvalue weighted by molar-refractivity contribution is 5.34. The summed E-state index contributed by atoms with van der Waals surface area (Å²) in [7, 11) is 0. The Labute approximate surface area is 81.7 Å². The highest BCUT2D eigenvalue weighted by Crippen LogP contribution is 2.19. The summed E-state index contributed by atoms with van der Waals surface area (Å²) in [5, 5.41) is 10.5. The van der Waals surface area contributed by atoms with Crippen molar-refractivity contribution in [2.45, 2.75) is 18.9 Å². The van der Waals surface area contributed by atoms with Crippen molar-refractivity contribution >= 4 is 5.69 Å². The molecular weight excluding hydrogens is 182 g/mol. The molecule has 0 spiro atoms. The number of benzene rings is 1. The molecule has 4 heteroatoms. The lowest BCUT2D eigenvalue weighted by molar-refractivity contribution is -0.384. The SMILES string of the molecule is O=[N+]([O-])c1cccc(CC[C@H]2CO2)c1. The van der Waals surface area contributed by atoms with Gasteiger partial charge in [-0.05, 0) is 18.4 Å². The van der Waals surface area contributed by atoms with Crippen LogP contribution in [0, 0.1) is 10.1 Å². The molecule has 2 rings (SSSR count). The van der Waals surface area contributed by atoms with E-state index in [2.05, 4.69) is 0 Å². The van der Waals surface area contributed by atoms with Crippen LogP contribution in [0.1, 0.15) is 12.0 Å². The quantitative estimate of drug-likeness (QED) is 0.417. The molecule has 1 fully saturated rings. The Morgan fingerprint density at radius 1 is 1.57 bits per heavy atom. The van der Waals surface area contributed by atoms with Crippen molar-refractivity contribution in [1.82, 2.24) is 0 Å². The molecule has 1 heterocycles. The maximum absolute atomic E-state index is 10.5. The summed E-state index contributed by atoms with van der Waals surface area (Å²) in [6.45, 7) is 0.842. The monoisotopic (exact) mass is 193 g/mol. The lowest BCUT2D eigenvalue weighted by Gasteiger charge is -1.98. The van der Waals surface area contributed by atoms with Gasteiger partial charge in [0.15, 0.2) is 0 Å². The van der Waals surface area contributed by atoms with Crippen molar-refractivity contribution in [3.8, 4) is 0 Å². The Kier molecular flexibility index (Phi) is 2.45. The normalized spacial score (nSPS) is 19.3. The summed E-state index contributed by atoms with van der Waals surface area (Å²) in [6.07, 6.45) is 2.20. The zero-order valence-corrected chi connectivity index (χ0v) is 7.68. The van der Waals surface area contributed by atoms with Crippen molar-refractivity contribution in [3.63, 3.8) is 0 Å². The zero-order chi connectivity index (χ0) is 9.97. The van der Waals surface area contributed by atoms with Gasteiger partial charge in [0, 0.05) is 12.1 Å². The molecular formula is C10H11NO3. The van der Waals surface area contributed by atoms with E-state index in [0.29, 0.717) is 6.10 Å². The Hall–Kier alpha value is -1.42. The fourth-order valence-electron chi connectivity index (χ4n) is 1.39. The molecule has 1 aromatic carbocycles. The first-order valence-electron chi connectivity index (χ1n) is 4.60. The van der Waals surface area contributed by atoms with E-state index in [4.69, 9.17) is 4.74 Å². The van der Waals surface area contributed by atoms with E-state index < -0.39 is 0 Å². The van der Waals surface area contributed by atoms with Gasteiger partial charge in [-0.1, -0.05) is 12.1 Å². The summed E-state index contributed by atoms with van der Waals surface area (Å²) in [5.41, 5.74) is 1.17. The average Bonchev–Trinajstić information content (AvgIpc) is 2.99. The van der Waals surface area contributed by atoms with Gasteiger partial charge in [-0.25, -0.2) is 0 Å². The lowest BCUT2D eigenvalue weighted by Crippen LogP contribution is -1.93. The van der Waals surface area contributed by atoms with Crippen LogP contribution in [-0.2, 0) is 11.2 Å². The van der Waals surface area contributed by atoms with Gasteiger partial charge >= 0.3 is 0 Å². The molecule has 0 bridgehead atoms. The van der Waals surface area contributed by atoms with Crippen LogP contribution in [0.15, 0.2) is 24.3 Å². The van der Waals surface area contributed by atoms with Gasteiger partial charge in [-0.2, -0.15) is 0 Å². The first-order valence-corrected chi connectivity index (χ1v) is 4.60. The van der Waals surface area contributed by atoms with Crippen LogP contribution in [0.4, 0.5) is 5.69 Å². The largest absolute Gasteiger partial charge is 0.373 e. The molecule has 1 aliphatic heterocycles. The molecule has 0 aliphatic carbocycles. The molecule has 0 N–H and O–H groups in total. The second kappa shape index (κ2) is 3.75. The van der Waals surface area contributed by atoms with Crippen LogP contribution in [0.25, 0.3) is 0 Å². The molecule has 0 saturated carbocycles. The average molecular weight is 193 g/mol. The number of aryl methyl sites for hydroxylation is 1. The Morgan fingerprint density at radius 2 is 2.36 bits per heavy atom. The van der Waals surface area contributed by atoms with E-state index >= 15 is 0 Å². The number of epoxide rings is 1. The third-order valence-corrected chi connectivity index (χ3v) is 2.28. The number of nitro benzene ring substituents is 1. The number of non-ortho nitro benzene ring substituents is 1. The van der Waals surface area contributed by atoms with Crippen LogP contribution in [0.5, 0.6) is 0 Å².